The normalized spacial score (nSPS) is 10.8. The largest absolute Gasteiger partial charge is 0.508 e. The van der Waals surface area contributed by atoms with Crippen LogP contribution in [-0.2, 0) is 11.2 Å². The van der Waals surface area contributed by atoms with E-state index in [1.54, 1.807) is 42.7 Å². The van der Waals surface area contributed by atoms with E-state index in [4.69, 9.17) is 5.26 Å². The van der Waals surface area contributed by atoms with Crippen molar-refractivity contribution in [3.8, 4) is 11.8 Å². The van der Waals surface area contributed by atoms with E-state index < -0.39 is 5.91 Å². The van der Waals surface area contributed by atoms with Gasteiger partial charge in [0.05, 0.1) is 0 Å². The van der Waals surface area contributed by atoms with Crippen LogP contribution in [0.15, 0.2) is 54.4 Å². The van der Waals surface area contributed by atoms with Crippen molar-refractivity contribution in [1.82, 2.24) is 10.3 Å². The summed E-state index contributed by atoms with van der Waals surface area (Å²) < 4.78 is 0. The Morgan fingerprint density at radius 2 is 2.23 bits per heavy atom. The molecule has 1 aromatic carbocycles. The molecule has 0 aliphatic carbocycles. The van der Waals surface area contributed by atoms with Crippen molar-refractivity contribution in [2.75, 3.05) is 6.54 Å². The molecular formula is C17H15N3O2. The van der Waals surface area contributed by atoms with Gasteiger partial charge in [-0.05, 0) is 41.8 Å². The average Bonchev–Trinajstić information content (AvgIpc) is 2.53. The molecule has 0 unspecified atom stereocenters. The summed E-state index contributed by atoms with van der Waals surface area (Å²) in [6.07, 6.45) is 5.28. The van der Waals surface area contributed by atoms with E-state index in [2.05, 4.69) is 10.3 Å². The van der Waals surface area contributed by atoms with Gasteiger partial charge in [-0.2, -0.15) is 5.26 Å². The van der Waals surface area contributed by atoms with Gasteiger partial charge < -0.3 is 10.4 Å². The Balaban J connectivity index is 1.93. The van der Waals surface area contributed by atoms with Crippen LogP contribution in [0.4, 0.5) is 0 Å². The zero-order valence-corrected chi connectivity index (χ0v) is 11.9. The molecule has 0 aliphatic heterocycles. The number of phenolic OH excluding ortho intramolecular Hbond substituents is 1. The minimum Gasteiger partial charge on any atom is -0.508 e. The van der Waals surface area contributed by atoms with Crippen LogP contribution in [0.2, 0.25) is 0 Å². The van der Waals surface area contributed by atoms with Crippen molar-refractivity contribution < 1.29 is 9.90 Å². The predicted molar refractivity (Wildman–Crippen MR) is 82.6 cm³/mol. The number of phenols is 1. The number of carbonyl (C=O) groups is 1. The third kappa shape index (κ3) is 4.46. The lowest BCUT2D eigenvalue weighted by Crippen LogP contribution is -2.26. The maximum atomic E-state index is 12.0. The summed E-state index contributed by atoms with van der Waals surface area (Å²) in [5.74, 6) is -0.232. The van der Waals surface area contributed by atoms with E-state index in [1.165, 1.54) is 6.08 Å². The molecule has 2 rings (SSSR count). The number of rotatable bonds is 5. The van der Waals surface area contributed by atoms with Gasteiger partial charge in [0.15, 0.2) is 0 Å². The van der Waals surface area contributed by atoms with E-state index in [9.17, 15) is 9.90 Å². The number of nitriles is 1. The Morgan fingerprint density at radius 1 is 1.36 bits per heavy atom. The van der Waals surface area contributed by atoms with E-state index in [0.29, 0.717) is 18.5 Å². The molecule has 2 N–H and O–H groups in total. The molecule has 5 heteroatoms. The molecule has 0 aliphatic rings. The zero-order chi connectivity index (χ0) is 15.8. The second kappa shape index (κ2) is 7.60. The van der Waals surface area contributed by atoms with Gasteiger partial charge in [-0.3, -0.25) is 9.78 Å². The summed E-state index contributed by atoms with van der Waals surface area (Å²) in [5.41, 5.74) is 1.64. The van der Waals surface area contributed by atoms with Crippen LogP contribution in [0.25, 0.3) is 6.08 Å². The van der Waals surface area contributed by atoms with Crippen molar-refractivity contribution in [3.05, 3.63) is 65.5 Å². The topological polar surface area (TPSA) is 86.0 Å². The minimum absolute atomic E-state index is 0.0314. The number of hydrogen-bond acceptors (Lipinski definition) is 4. The van der Waals surface area contributed by atoms with Crippen molar-refractivity contribution in [2.45, 2.75) is 6.42 Å². The molecule has 5 nitrogen and oxygen atoms in total. The molecule has 0 bridgehead atoms. The molecule has 1 aromatic heterocycles. The molecule has 1 amide bonds. The number of aromatic nitrogens is 1. The average molecular weight is 293 g/mol. The first-order valence-electron chi connectivity index (χ1n) is 6.77. The first kappa shape index (κ1) is 15.3. The van der Waals surface area contributed by atoms with Crippen molar-refractivity contribution in [2.24, 2.45) is 0 Å². The third-order valence-corrected chi connectivity index (χ3v) is 2.97. The van der Waals surface area contributed by atoms with E-state index in [-0.39, 0.29) is 11.3 Å². The molecule has 110 valence electrons. The first-order chi connectivity index (χ1) is 10.7. The summed E-state index contributed by atoms with van der Waals surface area (Å²) in [7, 11) is 0. The van der Waals surface area contributed by atoms with Crippen LogP contribution in [0.3, 0.4) is 0 Å². The summed E-state index contributed by atoms with van der Waals surface area (Å²) in [6, 6.07) is 12.2. The number of nitrogens with one attached hydrogen (secondary N) is 1. The van der Waals surface area contributed by atoms with Crippen LogP contribution < -0.4 is 5.32 Å². The number of aromatic hydroxyl groups is 1. The highest BCUT2D eigenvalue weighted by Gasteiger charge is 2.08. The fourth-order valence-electron chi connectivity index (χ4n) is 1.90. The van der Waals surface area contributed by atoms with Crippen LogP contribution in [0.1, 0.15) is 11.1 Å². The standard InChI is InChI=1S/C17H15N3O2/c18-11-15(9-14-4-2-7-19-12-14)17(22)20-8-6-13-3-1-5-16(21)10-13/h1-5,7,9-10,12,21H,6,8H2,(H,20,22). The number of amides is 1. The lowest BCUT2D eigenvalue weighted by molar-refractivity contribution is -0.117. The number of benzene rings is 1. The smallest absolute Gasteiger partial charge is 0.261 e. The summed E-state index contributed by atoms with van der Waals surface area (Å²) in [6.45, 7) is 0.383. The van der Waals surface area contributed by atoms with Gasteiger partial charge in [0, 0.05) is 18.9 Å². The van der Waals surface area contributed by atoms with Crippen LogP contribution >= 0.6 is 0 Å². The van der Waals surface area contributed by atoms with E-state index in [1.807, 2.05) is 12.1 Å². The fourth-order valence-corrected chi connectivity index (χ4v) is 1.90. The van der Waals surface area contributed by atoms with Gasteiger partial charge in [0.1, 0.15) is 17.4 Å². The van der Waals surface area contributed by atoms with Gasteiger partial charge in [-0.25, -0.2) is 0 Å². The molecule has 0 radical (unpaired) electrons. The number of pyridine rings is 1. The van der Waals surface area contributed by atoms with E-state index in [0.717, 1.165) is 5.56 Å². The highest BCUT2D eigenvalue weighted by molar-refractivity contribution is 6.01. The monoisotopic (exact) mass is 293 g/mol. The van der Waals surface area contributed by atoms with Crippen LogP contribution in [0, 0.1) is 11.3 Å². The SMILES string of the molecule is N#CC(=Cc1cccnc1)C(=O)NCCc1cccc(O)c1. The molecule has 0 saturated heterocycles. The molecule has 0 saturated carbocycles. The van der Waals surface area contributed by atoms with Crippen LogP contribution in [0.5, 0.6) is 5.75 Å². The molecule has 22 heavy (non-hydrogen) atoms. The van der Waals surface area contributed by atoms with Crippen molar-refractivity contribution in [1.29, 1.82) is 5.26 Å². The zero-order valence-electron chi connectivity index (χ0n) is 11.9. The number of nitrogens with zero attached hydrogens (tertiary/aromatic N) is 2. The number of carbonyl (C=O) groups excluding carboxylic acids is 1. The Labute approximate surface area is 128 Å². The van der Waals surface area contributed by atoms with Gasteiger partial charge in [-0.1, -0.05) is 18.2 Å². The lowest BCUT2D eigenvalue weighted by Gasteiger charge is -2.05. The van der Waals surface area contributed by atoms with Gasteiger partial charge >= 0.3 is 0 Å². The predicted octanol–water partition coefficient (Wildman–Crippen LogP) is 2.05. The fraction of sp³-hybridized carbons (Fsp3) is 0.118. The Morgan fingerprint density at radius 3 is 2.91 bits per heavy atom. The molecule has 1 heterocycles. The number of hydrogen-bond donors (Lipinski definition) is 2. The Hall–Kier alpha value is -3.13. The Kier molecular flexibility index (Phi) is 5.27. The molecule has 0 spiro atoms. The van der Waals surface area contributed by atoms with Crippen molar-refractivity contribution in [3.63, 3.8) is 0 Å². The third-order valence-electron chi connectivity index (χ3n) is 2.97. The van der Waals surface area contributed by atoms with Crippen LogP contribution in [-0.4, -0.2) is 22.5 Å². The second-order valence-electron chi connectivity index (χ2n) is 4.63. The molecule has 0 atom stereocenters. The lowest BCUT2D eigenvalue weighted by atomic mass is 10.1. The first-order valence-corrected chi connectivity index (χ1v) is 6.77. The van der Waals surface area contributed by atoms with Gasteiger partial charge in [0.25, 0.3) is 5.91 Å². The highest BCUT2D eigenvalue weighted by atomic mass is 16.3. The maximum absolute atomic E-state index is 12.0. The van der Waals surface area contributed by atoms with E-state index >= 15 is 0 Å². The summed E-state index contributed by atoms with van der Waals surface area (Å²) in [5, 5.41) is 21.1. The Bertz CT molecular complexity index is 718. The van der Waals surface area contributed by atoms with Gasteiger partial charge in [-0.15, -0.1) is 0 Å². The highest BCUT2D eigenvalue weighted by Crippen LogP contribution is 2.11. The minimum atomic E-state index is -0.425. The maximum Gasteiger partial charge on any atom is 0.261 e. The van der Waals surface area contributed by atoms with Crippen molar-refractivity contribution >= 4 is 12.0 Å². The second-order valence-corrected chi connectivity index (χ2v) is 4.63. The summed E-state index contributed by atoms with van der Waals surface area (Å²) >= 11 is 0. The molecular weight excluding hydrogens is 278 g/mol. The quantitative estimate of drug-likeness (QED) is 0.652. The molecule has 2 aromatic rings. The summed E-state index contributed by atoms with van der Waals surface area (Å²) in [4.78, 5) is 15.9. The van der Waals surface area contributed by atoms with Gasteiger partial charge in [0.2, 0.25) is 0 Å². The molecule has 0 fully saturated rings.